The standard InChI is InChI=1S/C41H66N4O8/c1-11-27(4)36(44(8)39(49)30(26(2)3)24-34(46)41(6)20-16-21-43(41)7)33(52-9)25-35(47)45-22-15-19-32(45)37(53-10)28(5)38(48)42-31(40(50)51)23-29-17-13-12-14-18-29/h12-14,17-18,26-28,30-33,36-37H,11,15-16,19-25H2,1-10H3,(H,42,48)(H,50,51)/t27-,28+,30-,31-,32-,33+,36-,37+,41+/m0/s1. The summed E-state index contributed by atoms with van der Waals surface area (Å²) in [4.78, 5) is 73.3. The molecule has 1 aromatic carbocycles. The van der Waals surface area contributed by atoms with E-state index in [1.54, 1.807) is 30.9 Å². The monoisotopic (exact) mass is 742 g/mol. The molecule has 53 heavy (non-hydrogen) atoms. The van der Waals surface area contributed by atoms with Gasteiger partial charge in [0.25, 0.3) is 0 Å². The molecule has 0 aliphatic carbocycles. The molecular weight excluding hydrogens is 676 g/mol. The van der Waals surface area contributed by atoms with Crippen molar-refractivity contribution in [3.63, 3.8) is 0 Å². The fourth-order valence-corrected chi connectivity index (χ4v) is 8.40. The van der Waals surface area contributed by atoms with Crippen LogP contribution in [-0.4, -0.2) is 127 Å². The van der Waals surface area contributed by atoms with Crippen molar-refractivity contribution in [1.82, 2.24) is 20.0 Å². The number of amides is 3. The highest BCUT2D eigenvalue weighted by Gasteiger charge is 2.45. The van der Waals surface area contributed by atoms with E-state index in [9.17, 15) is 29.1 Å². The molecule has 0 unspecified atom stereocenters. The van der Waals surface area contributed by atoms with E-state index >= 15 is 0 Å². The Morgan fingerprint density at radius 1 is 1.00 bits per heavy atom. The minimum atomic E-state index is -1.13. The second kappa shape index (κ2) is 19.8. The number of ketones is 1. The number of methoxy groups -OCH3 is 2. The molecule has 0 aromatic heterocycles. The van der Waals surface area contributed by atoms with Crippen molar-refractivity contribution in [3.05, 3.63) is 35.9 Å². The van der Waals surface area contributed by atoms with Crippen molar-refractivity contribution >= 4 is 29.5 Å². The van der Waals surface area contributed by atoms with E-state index in [2.05, 4.69) is 17.1 Å². The van der Waals surface area contributed by atoms with Crippen molar-refractivity contribution in [1.29, 1.82) is 0 Å². The predicted octanol–water partition coefficient (Wildman–Crippen LogP) is 4.43. The van der Waals surface area contributed by atoms with E-state index in [1.807, 2.05) is 65.1 Å². The maximum absolute atomic E-state index is 14.3. The number of ether oxygens (including phenoxy) is 2. The van der Waals surface area contributed by atoms with Crippen LogP contribution in [0.1, 0.15) is 92.1 Å². The smallest absolute Gasteiger partial charge is 0.326 e. The van der Waals surface area contributed by atoms with Gasteiger partial charge in [0.05, 0.1) is 42.2 Å². The normalized spacial score (nSPS) is 23.2. The number of benzene rings is 1. The fourth-order valence-electron chi connectivity index (χ4n) is 8.40. The van der Waals surface area contributed by atoms with Gasteiger partial charge in [0.2, 0.25) is 17.7 Å². The van der Waals surface area contributed by atoms with Crippen LogP contribution in [0.3, 0.4) is 0 Å². The van der Waals surface area contributed by atoms with Gasteiger partial charge in [-0.2, -0.15) is 0 Å². The third kappa shape index (κ3) is 10.7. The molecule has 0 saturated carbocycles. The highest BCUT2D eigenvalue weighted by molar-refractivity contribution is 5.93. The molecule has 3 amide bonds. The number of Topliss-reactive ketones (excluding diaryl/α,β-unsaturated/α-hetero) is 1. The Bertz CT molecular complexity index is 1390. The zero-order chi connectivity index (χ0) is 39.6. The van der Waals surface area contributed by atoms with E-state index in [-0.39, 0.29) is 48.7 Å². The minimum absolute atomic E-state index is 0.00780. The van der Waals surface area contributed by atoms with Crippen molar-refractivity contribution in [2.45, 2.75) is 129 Å². The molecule has 2 saturated heterocycles. The topological polar surface area (TPSA) is 146 Å². The van der Waals surface area contributed by atoms with E-state index < -0.39 is 59.6 Å². The maximum atomic E-state index is 14.3. The summed E-state index contributed by atoms with van der Waals surface area (Å²) in [5.74, 6) is -3.12. The van der Waals surface area contributed by atoms with Gasteiger partial charge in [-0.05, 0) is 63.6 Å². The number of carboxylic acids is 1. The van der Waals surface area contributed by atoms with Gasteiger partial charge in [0, 0.05) is 46.6 Å². The lowest BCUT2D eigenvalue weighted by molar-refractivity contribution is -0.149. The average Bonchev–Trinajstić information content (AvgIpc) is 3.76. The van der Waals surface area contributed by atoms with Gasteiger partial charge in [-0.25, -0.2) is 4.79 Å². The summed E-state index contributed by atoms with van der Waals surface area (Å²) in [6.07, 6.45) is 2.84. The molecule has 2 aliphatic heterocycles. The Kier molecular flexibility index (Phi) is 16.5. The third-order valence-corrected chi connectivity index (χ3v) is 12.3. The second-order valence-electron chi connectivity index (χ2n) is 16.0. The number of carbonyl (C=O) groups excluding carboxylic acids is 4. The number of hydrogen-bond acceptors (Lipinski definition) is 8. The lowest BCUT2D eigenvalue weighted by atomic mass is 9.81. The van der Waals surface area contributed by atoms with Crippen molar-refractivity contribution in [2.24, 2.45) is 23.7 Å². The van der Waals surface area contributed by atoms with Crippen LogP contribution in [0.15, 0.2) is 30.3 Å². The number of nitrogens with one attached hydrogen (secondary N) is 1. The molecule has 2 fully saturated rings. The van der Waals surface area contributed by atoms with Crippen LogP contribution < -0.4 is 5.32 Å². The van der Waals surface area contributed by atoms with Gasteiger partial charge in [-0.15, -0.1) is 0 Å². The minimum Gasteiger partial charge on any atom is -0.480 e. The van der Waals surface area contributed by atoms with Crippen LogP contribution in [0.2, 0.25) is 0 Å². The lowest BCUT2D eigenvalue weighted by Crippen LogP contribution is -2.55. The molecule has 2 N–H and O–H groups in total. The highest BCUT2D eigenvalue weighted by atomic mass is 16.5. The van der Waals surface area contributed by atoms with Crippen LogP contribution in [0.25, 0.3) is 0 Å². The number of rotatable bonds is 20. The molecule has 12 heteroatoms. The van der Waals surface area contributed by atoms with E-state index in [1.165, 1.54) is 7.11 Å². The summed E-state index contributed by atoms with van der Waals surface area (Å²) in [7, 11) is 6.80. The Hall–Kier alpha value is -3.35. The SMILES string of the molecule is CC[C@H](C)[C@@H]([C@@H](CC(=O)N1CCC[C@H]1[C@H](OC)[C@@H](C)C(=O)N[C@@H](Cc1ccccc1)C(=O)O)OC)N(C)C(=O)[C@@H](CC(=O)[C@@]1(C)CCCN1C)C(C)C. The van der Waals surface area contributed by atoms with Crippen LogP contribution in [-0.2, 0) is 39.9 Å². The molecule has 9 atom stereocenters. The molecule has 12 nitrogen and oxygen atoms in total. The van der Waals surface area contributed by atoms with Crippen molar-refractivity contribution in [3.8, 4) is 0 Å². The van der Waals surface area contributed by atoms with Gasteiger partial charge < -0.3 is 29.7 Å². The van der Waals surface area contributed by atoms with Crippen molar-refractivity contribution < 1.29 is 38.6 Å². The first kappa shape index (κ1) is 44.0. The number of aliphatic carboxylic acids is 1. The molecular formula is C41H66N4O8. The highest BCUT2D eigenvalue weighted by Crippen LogP contribution is 2.34. The zero-order valence-corrected chi connectivity index (χ0v) is 33.8. The third-order valence-electron chi connectivity index (χ3n) is 12.3. The first-order chi connectivity index (χ1) is 25.0. The number of likely N-dealkylation sites (N-methyl/N-ethyl adjacent to an activating group) is 2. The number of likely N-dealkylation sites (tertiary alicyclic amines) is 2. The van der Waals surface area contributed by atoms with E-state index in [0.29, 0.717) is 13.0 Å². The Morgan fingerprint density at radius 2 is 1.66 bits per heavy atom. The molecule has 3 rings (SSSR count). The Labute approximate surface area is 317 Å². The Balaban J connectivity index is 1.77. The Morgan fingerprint density at radius 3 is 2.19 bits per heavy atom. The fraction of sp³-hybridized carbons (Fsp3) is 0.732. The van der Waals surface area contributed by atoms with Gasteiger partial charge in [-0.3, -0.25) is 24.1 Å². The number of carbonyl (C=O) groups is 5. The molecule has 298 valence electrons. The van der Waals surface area contributed by atoms with Crippen LogP contribution in [0, 0.1) is 23.7 Å². The van der Waals surface area contributed by atoms with Crippen LogP contribution in [0.5, 0.6) is 0 Å². The van der Waals surface area contributed by atoms with E-state index in [4.69, 9.17) is 9.47 Å². The maximum Gasteiger partial charge on any atom is 0.326 e. The lowest BCUT2D eigenvalue weighted by Gasteiger charge is -2.41. The summed E-state index contributed by atoms with van der Waals surface area (Å²) >= 11 is 0. The quantitative estimate of drug-likeness (QED) is 0.198. The number of nitrogens with zero attached hydrogens (tertiary/aromatic N) is 3. The summed E-state index contributed by atoms with van der Waals surface area (Å²) in [6.45, 7) is 13.1. The van der Waals surface area contributed by atoms with Crippen LogP contribution >= 0.6 is 0 Å². The van der Waals surface area contributed by atoms with Crippen LogP contribution in [0.4, 0.5) is 0 Å². The number of hydrogen-bond donors (Lipinski definition) is 2. The zero-order valence-electron chi connectivity index (χ0n) is 33.8. The molecule has 0 bridgehead atoms. The second-order valence-corrected chi connectivity index (χ2v) is 16.0. The van der Waals surface area contributed by atoms with Crippen molar-refractivity contribution in [2.75, 3.05) is 41.4 Å². The summed E-state index contributed by atoms with van der Waals surface area (Å²) in [6, 6.07) is 7.17. The summed E-state index contributed by atoms with van der Waals surface area (Å²) in [5.41, 5.74) is 0.215. The van der Waals surface area contributed by atoms with Gasteiger partial charge in [0.15, 0.2) is 5.78 Å². The predicted molar refractivity (Wildman–Crippen MR) is 204 cm³/mol. The largest absolute Gasteiger partial charge is 0.480 e. The van der Waals surface area contributed by atoms with Gasteiger partial charge in [-0.1, -0.05) is 71.4 Å². The molecule has 2 heterocycles. The van der Waals surface area contributed by atoms with Gasteiger partial charge >= 0.3 is 5.97 Å². The number of carboxylic acid groups (broad SMARTS) is 1. The van der Waals surface area contributed by atoms with Gasteiger partial charge in [0.1, 0.15) is 6.04 Å². The first-order valence-corrected chi connectivity index (χ1v) is 19.5. The summed E-state index contributed by atoms with van der Waals surface area (Å²) < 4.78 is 11.9. The summed E-state index contributed by atoms with van der Waals surface area (Å²) in [5, 5.41) is 12.6. The first-order valence-electron chi connectivity index (χ1n) is 19.5. The molecule has 2 aliphatic rings. The molecule has 0 radical (unpaired) electrons. The average molecular weight is 743 g/mol. The molecule has 0 spiro atoms. The van der Waals surface area contributed by atoms with E-state index in [0.717, 1.165) is 37.8 Å². The molecule has 1 aromatic rings.